The van der Waals surface area contributed by atoms with E-state index in [9.17, 15) is 4.39 Å². The van der Waals surface area contributed by atoms with Crippen molar-refractivity contribution in [2.24, 2.45) is 0 Å². The van der Waals surface area contributed by atoms with Gasteiger partial charge in [-0.05, 0) is 19.0 Å². The molecule has 1 aliphatic rings. The molecule has 1 saturated heterocycles. The fourth-order valence-corrected chi connectivity index (χ4v) is 1.53. The van der Waals surface area contributed by atoms with Gasteiger partial charge in [-0.2, -0.15) is 0 Å². The molecule has 0 bridgehead atoms. The normalized spacial score (nSPS) is 22.0. The van der Waals surface area contributed by atoms with Gasteiger partial charge in [0.15, 0.2) is 0 Å². The maximum Gasteiger partial charge on any atom is 0.146 e. The van der Waals surface area contributed by atoms with Crippen LogP contribution in [0.15, 0.2) is 18.2 Å². The molecular formula is C9H9ClFN. The van der Waals surface area contributed by atoms with Gasteiger partial charge in [-0.15, -0.1) is 0 Å². The lowest BCUT2D eigenvalue weighted by Gasteiger charge is -2.28. The molecule has 0 amide bonds. The molecule has 1 aromatic carbocycles. The van der Waals surface area contributed by atoms with Crippen LogP contribution in [0, 0.1) is 5.82 Å². The van der Waals surface area contributed by atoms with Crippen molar-refractivity contribution in [2.45, 2.75) is 12.5 Å². The summed E-state index contributed by atoms with van der Waals surface area (Å²) < 4.78 is 13.3. The third kappa shape index (κ3) is 1.21. The lowest BCUT2D eigenvalue weighted by atomic mass is 9.98. The van der Waals surface area contributed by atoms with Crippen LogP contribution in [-0.2, 0) is 0 Å². The van der Waals surface area contributed by atoms with Crippen LogP contribution in [0.4, 0.5) is 4.39 Å². The molecule has 0 unspecified atom stereocenters. The Labute approximate surface area is 75.5 Å². The molecule has 1 fully saturated rings. The van der Waals surface area contributed by atoms with Gasteiger partial charge in [0.25, 0.3) is 0 Å². The highest BCUT2D eigenvalue weighted by Gasteiger charge is 2.22. The molecule has 3 heteroatoms. The van der Waals surface area contributed by atoms with Crippen LogP contribution < -0.4 is 5.32 Å². The Morgan fingerprint density at radius 2 is 2.25 bits per heavy atom. The first-order valence-corrected chi connectivity index (χ1v) is 4.34. The van der Waals surface area contributed by atoms with Gasteiger partial charge in [0, 0.05) is 11.6 Å². The van der Waals surface area contributed by atoms with Gasteiger partial charge in [-0.25, -0.2) is 4.39 Å². The molecule has 2 rings (SSSR count). The second-order valence-electron chi connectivity index (χ2n) is 2.94. The minimum Gasteiger partial charge on any atom is -0.310 e. The van der Waals surface area contributed by atoms with Crippen LogP contribution in [-0.4, -0.2) is 6.54 Å². The van der Waals surface area contributed by atoms with E-state index in [1.54, 1.807) is 18.2 Å². The van der Waals surface area contributed by atoms with E-state index in [-0.39, 0.29) is 16.9 Å². The average Bonchev–Trinajstić information content (AvgIpc) is 1.95. The first kappa shape index (κ1) is 8.02. The van der Waals surface area contributed by atoms with Crippen LogP contribution in [0.5, 0.6) is 0 Å². The van der Waals surface area contributed by atoms with E-state index < -0.39 is 0 Å². The molecule has 1 aliphatic heterocycles. The minimum atomic E-state index is -0.281. The van der Waals surface area contributed by atoms with Gasteiger partial charge < -0.3 is 5.32 Å². The van der Waals surface area contributed by atoms with Gasteiger partial charge in [0.05, 0.1) is 5.02 Å². The molecule has 12 heavy (non-hydrogen) atoms. The summed E-state index contributed by atoms with van der Waals surface area (Å²) >= 11 is 5.64. The zero-order valence-corrected chi connectivity index (χ0v) is 7.24. The van der Waals surface area contributed by atoms with E-state index in [0.717, 1.165) is 13.0 Å². The van der Waals surface area contributed by atoms with Gasteiger partial charge in [-0.1, -0.05) is 23.7 Å². The van der Waals surface area contributed by atoms with Crippen molar-refractivity contribution in [3.05, 3.63) is 34.6 Å². The first-order chi connectivity index (χ1) is 5.79. The second-order valence-corrected chi connectivity index (χ2v) is 3.35. The standard InChI is InChI=1S/C9H9ClFN/c10-7-3-1-2-6(9(7)11)8-4-5-12-8/h1-3,8,12H,4-5H2/t8-/m1/s1. The number of hydrogen-bond donors (Lipinski definition) is 1. The van der Waals surface area contributed by atoms with Gasteiger partial charge in [0.1, 0.15) is 5.82 Å². The largest absolute Gasteiger partial charge is 0.310 e. The van der Waals surface area contributed by atoms with Crippen LogP contribution >= 0.6 is 11.6 Å². The number of nitrogens with one attached hydrogen (secondary N) is 1. The monoisotopic (exact) mass is 185 g/mol. The molecular weight excluding hydrogens is 177 g/mol. The lowest BCUT2D eigenvalue weighted by Crippen LogP contribution is -2.35. The van der Waals surface area contributed by atoms with Crippen molar-refractivity contribution in [1.29, 1.82) is 0 Å². The third-order valence-electron chi connectivity index (χ3n) is 2.18. The van der Waals surface area contributed by atoms with Gasteiger partial charge in [-0.3, -0.25) is 0 Å². The van der Waals surface area contributed by atoms with Crippen LogP contribution in [0.3, 0.4) is 0 Å². The Bertz CT molecular complexity index is 297. The predicted molar refractivity (Wildman–Crippen MR) is 46.8 cm³/mol. The topological polar surface area (TPSA) is 12.0 Å². The molecule has 1 atom stereocenters. The fourth-order valence-electron chi connectivity index (χ4n) is 1.34. The zero-order chi connectivity index (χ0) is 8.55. The molecule has 0 saturated carbocycles. The maximum atomic E-state index is 13.3. The summed E-state index contributed by atoms with van der Waals surface area (Å²) in [7, 11) is 0. The predicted octanol–water partition coefficient (Wildman–Crippen LogP) is 2.51. The molecule has 1 nitrogen and oxygen atoms in total. The van der Waals surface area contributed by atoms with Crippen LogP contribution in [0.1, 0.15) is 18.0 Å². The van der Waals surface area contributed by atoms with Crippen molar-refractivity contribution in [1.82, 2.24) is 5.32 Å². The summed E-state index contributed by atoms with van der Waals surface area (Å²) in [5.74, 6) is -0.281. The van der Waals surface area contributed by atoms with Crippen molar-refractivity contribution in [3.63, 3.8) is 0 Å². The highest BCUT2D eigenvalue weighted by molar-refractivity contribution is 6.30. The third-order valence-corrected chi connectivity index (χ3v) is 2.47. The Balaban J connectivity index is 2.36. The smallest absolute Gasteiger partial charge is 0.146 e. The van der Waals surface area contributed by atoms with E-state index >= 15 is 0 Å². The molecule has 0 radical (unpaired) electrons. The Morgan fingerprint density at radius 3 is 2.83 bits per heavy atom. The summed E-state index contributed by atoms with van der Waals surface area (Å²) in [5.41, 5.74) is 0.689. The number of halogens is 2. The van der Waals surface area contributed by atoms with Crippen molar-refractivity contribution in [2.75, 3.05) is 6.54 Å². The molecule has 1 N–H and O–H groups in total. The SMILES string of the molecule is Fc1c(Cl)cccc1[C@H]1CCN1. The van der Waals surface area contributed by atoms with Crippen molar-refractivity contribution < 1.29 is 4.39 Å². The first-order valence-electron chi connectivity index (χ1n) is 3.96. The quantitative estimate of drug-likeness (QED) is 0.709. The Morgan fingerprint density at radius 1 is 1.50 bits per heavy atom. The maximum absolute atomic E-state index is 13.3. The summed E-state index contributed by atoms with van der Waals surface area (Å²) in [6.45, 7) is 0.969. The van der Waals surface area contributed by atoms with E-state index in [2.05, 4.69) is 5.32 Å². The number of hydrogen-bond acceptors (Lipinski definition) is 1. The molecule has 0 aromatic heterocycles. The van der Waals surface area contributed by atoms with Crippen LogP contribution in [0.2, 0.25) is 5.02 Å². The highest BCUT2D eigenvalue weighted by Crippen LogP contribution is 2.28. The summed E-state index contributed by atoms with van der Waals surface area (Å²) in [5, 5.41) is 3.34. The number of benzene rings is 1. The molecule has 1 aromatic rings. The highest BCUT2D eigenvalue weighted by atomic mass is 35.5. The summed E-state index contributed by atoms with van der Waals surface area (Å²) in [6, 6.07) is 5.29. The molecule has 64 valence electrons. The van der Waals surface area contributed by atoms with Gasteiger partial charge in [0.2, 0.25) is 0 Å². The number of rotatable bonds is 1. The summed E-state index contributed by atoms with van der Waals surface area (Å²) in [4.78, 5) is 0. The van der Waals surface area contributed by atoms with Gasteiger partial charge >= 0.3 is 0 Å². The molecule has 0 aliphatic carbocycles. The average molecular weight is 186 g/mol. The second kappa shape index (κ2) is 3.04. The van der Waals surface area contributed by atoms with E-state index in [0.29, 0.717) is 5.56 Å². The van der Waals surface area contributed by atoms with E-state index in [1.807, 2.05) is 0 Å². The summed E-state index contributed by atoms with van der Waals surface area (Å²) in [6.07, 6.45) is 0.997. The fraction of sp³-hybridized carbons (Fsp3) is 0.333. The van der Waals surface area contributed by atoms with E-state index in [1.165, 1.54) is 0 Å². The van der Waals surface area contributed by atoms with E-state index in [4.69, 9.17) is 11.6 Å². The minimum absolute atomic E-state index is 0.170. The van der Waals surface area contributed by atoms with Crippen molar-refractivity contribution in [3.8, 4) is 0 Å². The lowest BCUT2D eigenvalue weighted by molar-refractivity contribution is 0.370. The molecule has 1 heterocycles. The van der Waals surface area contributed by atoms with Crippen molar-refractivity contribution >= 4 is 11.6 Å². The Kier molecular flexibility index (Phi) is 2.03. The van der Waals surface area contributed by atoms with Crippen LogP contribution in [0.25, 0.3) is 0 Å². The molecule has 0 spiro atoms. The Hall–Kier alpha value is -0.600. The zero-order valence-electron chi connectivity index (χ0n) is 6.48.